The summed E-state index contributed by atoms with van der Waals surface area (Å²) >= 11 is 0. The van der Waals surface area contributed by atoms with E-state index in [-0.39, 0.29) is 29.3 Å². The van der Waals surface area contributed by atoms with Crippen LogP contribution < -0.4 is 5.32 Å². The maximum Gasteiger partial charge on any atom is 0.332 e. The van der Waals surface area contributed by atoms with Crippen molar-refractivity contribution in [3.63, 3.8) is 0 Å². The fourth-order valence-corrected chi connectivity index (χ4v) is 4.91. The molecule has 0 aliphatic rings. The van der Waals surface area contributed by atoms with Gasteiger partial charge in [-0.3, -0.25) is 9.59 Å². The van der Waals surface area contributed by atoms with E-state index in [0.717, 1.165) is 11.6 Å². The third-order valence-electron chi connectivity index (χ3n) is 6.71. The molecule has 0 aliphatic carbocycles. The van der Waals surface area contributed by atoms with Gasteiger partial charge in [0, 0.05) is 18.4 Å². The zero-order chi connectivity index (χ0) is 26.1. The summed E-state index contributed by atoms with van der Waals surface area (Å²) in [4.78, 5) is 36.1. The van der Waals surface area contributed by atoms with Crippen molar-refractivity contribution in [1.82, 2.24) is 0 Å². The number of nitrogens with one attached hydrogen (secondary N) is 1. The van der Waals surface area contributed by atoms with E-state index in [4.69, 9.17) is 5.11 Å². The van der Waals surface area contributed by atoms with Crippen molar-refractivity contribution < 1.29 is 29.7 Å². The molecule has 1 atom stereocenters. The van der Waals surface area contributed by atoms with Gasteiger partial charge in [0.2, 0.25) is 5.91 Å². The first-order valence-corrected chi connectivity index (χ1v) is 12.0. The first kappa shape index (κ1) is 24.2. The van der Waals surface area contributed by atoms with E-state index < -0.39 is 24.3 Å². The number of phenolic OH excluding ortho intramolecular Hbond substituents is 1. The molecule has 0 radical (unpaired) electrons. The van der Waals surface area contributed by atoms with Crippen LogP contribution in [-0.4, -0.2) is 39.1 Å². The smallest absolute Gasteiger partial charge is 0.332 e. The molecule has 0 aliphatic heterocycles. The summed E-state index contributed by atoms with van der Waals surface area (Å²) in [6.45, 7) is 0. The molecule has 0 spiro atoms. The molecule has 0 fully saturated rings. The predicted molar refractivity (Wildman–Crippen MR) is 142 cm³/mol. The van der Waals surface area contributed by atoms with E-state index in [1.165, 1.54) is 44.5 Å². The van der Waals surface area contributed by atoms with Crippen molar-refractivity contribution in [2.24, 2.45) is 0 Å². The number of aromatic hydroxyl groups is 1. The van der Waals surface area contributed by atoms with Crippen LogP contribution in [-0.2, 0) is 16.0 Å². The third-order valence-corrected chi connectivity index (χ3v) is 6.71. The highest BCUT2D eigenvalue weighted by atomic mass is 16.4. The van der Waals surface area contributed by atoms with E-state index in [1.807, 2.05) is 0 Å². The van der Waals surface area contributed by atoms with Gasteiger partial charge in [0.05, 0.1) is 5.69 Å². The Balaban J connectivity index is 1.30. The Hall–Kier alpha value is -4.49. The van der Waals surface area contributed by atoms with Crippen molar-refractivity contribution in [1.29, 1.82) is 0 Å². The Bertz CT molecular complexity index is 1640. The quantitative estimate of drug-likeness (QED) is 0.125. The van der Waals surface area contributed by atoms with Crippen LogP contribution in [0.1, 0.15) is 35.2 Å². The maximum absolute atomic E-state index is 12.7. The maximum atomic E-state index is 12.7. The number of anilines is 1. The highest BCUT2D eigenvalue weighted by molar-refractivity contribution is 6.23. The molecule has 5 aromatic rings. The summed E-state index contributed by atoms with van der Waals surface area (Å²) in [5.41, 5.74) is 1.26. The van der Waals surface area contributed by atoms with Crippen molar-refractivity contribution >= 4 is 55.7 Å². The lowest BCUT2D eigenvalue weighted by atomic mass is 9.90. The summed E-state index contributed by atoms with van der Waals surface area (Å²) in [6.07, 6.45) is -1.07. The number of amides is 1. The number of carboxylic acids is 1. The molecule has 1 amide bonds. The number of aliphatic hydroxyl groups excluding tert-OH is 1. The molecule has 4 N–H and O–H groups in total. The van der Waals surface area contributed by atoms with Crippen molar-refractivity contribution in [2.45, 2.75) is 31.8 Å². The largest absolute Gasteiger partial charge is 0.508 e. The van der Waals surface area contributed by atoms with E-state index in [0.29, 0.717) is 12.8 Å². The number of carboxylic acid groups (broad SMARTS) is 1. The van der Waals surface area contributed by atoms with Gasteiger partial charge in [-0.2, -0.15) is 0 Å². The van der Waals surface area contributed by atoms with Crippen molar-refractivity contribution in [2.75, 3.05) is 5.32 Å². The number of phenols is 1. The molecule has 5 aromatic carbocycles. The van der Waals surface area contributed by atoms with E-state index >= 15 is 0 Å². The summed E-state index contributed by atoms with van der Waals surface area (Å²) in [7, 11) is 0. The molecule has 0 saturated carbocycles. The Labute approximate surface area is 212 Å². The SMILES string of the molecule is O=C(CCCc1ccc2ccc3cccc4ccc1c2c34)Nc1ccc(O)cc1C(=O)C[C@H](O)C(=O)O. The minimum Gasteiger partial charge on any atom is -0.508 e. The first-order chi connectivity index (χ1) is 17.8. The zero-order valence-electron chi connectivity index (χ0n) is 19.9. The fraction of sp³-hybridized carbons (Fsp3) is 0.167. The molecule has 7 heteroatoms. The molecular weight excluding hydrogens is 470 g/mol. The highest BCUT2D eigenvalue weighted by Gasteiger charge is 2.22. The molecule has 0 unspecified atom stereocenters. The van der Waals surface area contributed by atoms with Crippen LogP contribution in [0.3, 0.4) is 0 Å². The third kappa shape index (κ3) is 4.81. The number of hydrogen-bond acceptors (Lipinski definition) is 5. The van der Waals surface area contributed by atoms with Crippen LogP contribution in [0.4, 0.5) is 5.69 Å². The number of rotatable bonds is 9. The standard InChI is InChI=1S/C30H25NO6/c32-21-12-14-24(23(15-21)25(33)16-26(34)30(36)37)31-27(35)6-2-3-17-7-8-20-10-9-18-4-1-5-19-11-13-22(17)29(20)28(18)19/h1,4-5,7-15,26,32,34H,2-3,6,16H2,(H,31,35)(H,36,37)/t26-/m0/s1. The molecule has 186 valence electrons. The van der Waals surface area contributed by atoms with Crippen LogP contribution in [0.25, 0.3) is 32.3 Å². The monoisotopic (exact) mass is 495 g/mol. The highest BCUT2D eigenvalue weighted by Crippen LogP contribution is 2.36. The number of aliphatic hydroxyl groups is 1. The van der Waals surface area contributed by atoms with Gasteiger partial charge in [0.1, 0.15) is 5.75 Å². The van der Waals surface area contributed by atoms with Gasteiger partial charge in [0.15, 0.2) is 11.9 Å². The van der Waals surface area contributed by atoms with Crippen LogP contribution >= 0.6 is 0 Å². The fourth-order valence-electron chi connectivity index (χ4n) is 4.91. The number of ketones is 1. The molecular formula is C30H25NO6. The molecule has 7 nitrogen and oxygen atoms in total. The predicted octanol–water partition coefficient (Wildman–Crippen LogP) is 5.27. The van der Waals surface area contributed by atoms with Gasteiger partial charge in [-0.05, 0) is 68.9 Å². The van der Waals surface area contributed by atoms with E-state index in [1.54, 1.807) is 0 Å². The average molecular weight is 496 g/mol. The summed E-state index contributed by atoms with van der Waals surface area (Å²) in [5.74, 6) is -2.74. The minimum atomic E-state index is -1.87. The van der Waals surface area contributed by atoms with Gasteiger partial charge in [0.25, 0.3) is 0 Å². The van der Waals surface area contributed by atoms with Gasteiger partial charge in [-0.1, -0.05) is 54.6 Å². The molecule has 37 heavy (non-hydrogen) atoms. The van der Waals surface area contributed by atoms with Crippen LogP contribution in [0.15, 0.2) is 72.8 Å². The second-order valence-electron chi connectivity index (χ2n) is 9.19. The normalized spacial score (nSPS) is 12.2. The molecule has 0 aromatic heterocycles. The molecule has 5 rings (SSSR count). The van der Waals surface area contributed by atoms with E-state index in [2.05, 4.69) is 59.9 Å². The number of hydrogen-bond donors (Lipinski definition) is 4. The second kappa shape index (κ2) is 9.87. The number of benzene rings is 5. The number of Topliss-reactive ketones (excluding diaryl/α,β-unsaturated/α-hetero) is 1. The summed E-state index contributed by atoms with van der Waals surface area (Å²) < 4.78 is 0. The Kier molecular flexibility index (Phi) is 6.46. The molecule has 0 saturated heterocycles. The van der Waals surface area contributed by atoms with Gasteiger partial charge in [-0.15, -0.1) is 0 Å². The zero-order valence-corrected chi connectivity index (χ0v) is 19.9. The average Bonchev–Trinajstić information content (AvgIpc) is 2.88. The van der Waals surface area contributed by atoms with Gasteiger partial charge in [-0.25, -0.2) is 4.79 Å². The second-order valence-corrected chi connectivity index (χ2v) is 9.19. The Morgan fingerprint density at radius 3 is 2.24 bits per heavy atom. The van der Waals surface area contributed by atoms with Crippen molar-refractivity contribution in [3.8, 4) is 5.75 Å². The van der Waals surface area contributed by atoms with E-state index in [9.17, 15) is 24.6 Å². The number of carbonyl (C=O) groups is 3. The first-order valence-electron chi connectivity index (χ1n) is 12.0. The Morgan fingerprint density at radius 2 is 1.51 bits per heavy atom. The van der Waals surface area contributed by atoms with Crippen molar-refractivity contribution in [3.05, 3.63) is 83.9 Å². The number of carbonyl (C=O) groups excluding carboxylic acids is 2. The van der Waals surface area contributed by atoms with Gasteiger partial charge >= 0.3 is 5.97 Å². The molecule has 0 bridgehead atoms. The lowest BCUT2D eigenvalue weighted by Crippen LogP contribution is -2.24. The lowest BCUT2D eigenvalue weighted by molar-refractivity contribution is -0.146. The topological polar surface area (TPSA) is 124 Å². The summed E-state index contributed by atoms with van der Waals surface area (Å²) in [6, 6.07) is 22.9. The minimum absolute atomic E-state index is 0.0552. The number of aliphatic carboxylic acids is 1. The summed E-state index contributed by atoms with van der Waals surface area (Å²) in [5, 5.41) is 38.1. The van der Waals surface area contributed by atoms with Gasteiger partial charge < -0.3 is 20.6 Å². The molecule has 0 heterocycles. The Morgan fingerprint density at radius 1 is 0.838 bits per heavy atom. The van der Waals surface area contributed by atoms with Crippen LogP contribution in [0.5, 0.6) is 5.75 Å². The number of aryl methyl sites for hydroxylation is 1. The lowest BCUT2D eigenvalue weighted by Gasteiger charge is -2.14. The van der Waals surface area contributed by atoms with Crippen LogP contribution in [0, 0.1) is 0 Å². The van der Waals surface area contributed by atoms with Crippen LogP contribution in [0.2, 0.25) is 0 Å².